The van der Waals surface area contributed by atoms with E-state index in [9.17, 15) is 14.4 Å². The summed E-state index contributed by atoms with van der Waals surface area (Å²) < 4.78 is 5.97. The number of piperazine rings is 1. The second-order valence-electron chi connectivity index (χ2n) is 10.1. The number of carbonyl (C=O) groups is 3. The van der Waals surface area contributed by atoms with Crippen LogP contribution in [0.25, 0.3) is 0 Å². The first-order valence-corrected chi connectivity index (χ1v) is 13.2. The van der Waals surface area contributed by atoms with Gasteiger partial charge in [-0.05, 0) is 48.6 Å². The van der Waals surface area contributed by atoms with Gasteiger partial charge in [0.15, 0.2) is 0 Å². The highest BCUT2D eigenvalue weighted by molar-refractivity contribution is 5.94. The number of amides is 2. The van der Waals surface area contributed by atoms with Gasteiger partial charge < -0.3 is 14.5 Å². The second-order valence-corrected chi connectivity index (χ2v) is 10.1. The van der Waals surface area contributed by atoms with Crippen LogP contribution >= 0.6 is 0 Å². The summed E-state index contributed by atoms with van der Waals surface area (Å²) in [5, 5.41) is 0. The van der Waals surface area contributed by atoms with Crippen molar-refractivity contribution in [2.45, 2.75) is 58.3 Å². The van der Waals surface area contributed by atoms with Crippen molar-refractivity contribution in [3.8, 4) is 5.75 Å². The summed E-state index contributed by atoms with van der Waals surface area (Å²) in [6.07, 6.45) is 11.6. The van der Waals surface area contributed by atoms with E-state index in [0.717, 1.165) is 29.2 Å². The number of aromatic nitrogens is 1. The Morgan fingerprint density at radius 1 is 0.917 bits per heavy atom. The highest BCUT2D eigenvalue weighted by Gasteiger charge is 2.25. The largest absolute Gasteiger partial charge is 0.494 e. The minimum Gasteiger partial charge on any atom is -0.494 e. The molecule has 1 aliphatic heterocycles. The van der Waals surface area contributed by atoms with Crippen LogP contribution in [0.3, 0.4) is 0 Å². The molecule has 1 aliphatic carbocycles. The van der Waals surface area contributed by atoms with Crippen molar-refractivity contribution in [2.75, 3.05) is 32.8 Å². The molecule has 192 valence electrons. The average Bonchev–Trinajstić information content (AvgIpc) is 2.89. The number of benzene rings is 1. The van der Waals surface area contributed by atoms with Crippen LogP contribution in [0.15, 0.2) is 42.7 Å². The van der Waals surface area contributed by atoms with Crippen LogP contribution in [-0.4, -0.2) is 65.2 Å². The van der Waals surface area contributed by atoms with Crippen molar-refractivity contribution in [3.63, 3.8) is 0 Å². The molecule has 2 heterocycles. The molecule has 2 aromatic rings. The van der Waals surface area contributed by atoms with E-state index in [1.807, 2.05) is 30.3 Å². The van der Waals surface area contributed by atoms with Gasteiger partial charge in [0, 0.05) is 50.6 Å². The zero-order chi connectivity index (χ0) is 25.3. The van der Waals surface area contributed by atoms with Crippen LogP contribution in [-0.2, 0) is 22.4 Å². The van der Waals surface area contributed by atoms with Crippen LogP contribution in [0, 0.1) is 5.92 Å². The standard InChI is InChI=1S/C29H37N3O4/c1-22(33)16-24-17-25(21-30-20-24)18-28(34)31-11-13-32(14-12-31)29(35)26-8-5-9-27(19-26)36-15-10-23-6-3-2-4-7-23/h5,8-9,17,19-21,23H,2-4,6-7,10-16,18H2,1H3. The van der Waals surface area contributed by atoms with E-state index in [4.69, 9.17) is 4.74 Å². The van der Waals surface area contributed by atoms with Gasteiger partial charge in [0.2, 0.25) is 5.91 Å². The van der Waals surface area contributed by atoms with Crippen LogP contribution in [0.4, 0.5) is 0 Å². The summed E-state index contributed by atoms with van der Waals surface area (Å²) in [6, 6.07) is 9.32. The highest BCUT2D eigenvalue weighted by Crippen LogP contribution is 2.26. The number of ketones is 1. The fourth-order valence-corrected chi connectivity index (χ4v) is 5.19. The molecule has 4 rings (SSSR count). The molecule has 1 aromatic carbocycles. The lowest BCUT2D eigenvalue weighted by molar-refractivity contribution is -0.131. The first-order valence-electron chi connectivity index (χ1n) is 13.2. The van der Waals surface area contributed by atoms with Gasteiger partial charge in [-0.15, -0.1) is 0 Å². The van der Waals surface area contributed by atoms with E-state index in [1.54, 1.807) is 29.1 Å². The molecule has 0 N–H and O–H groups in total. The molecule has 0 unspecified atom stereocenters. The summed E-state index contributed by atoms with van der Waals surface area (Å²) in [5.74, 6) is 1.56. The van der Waals surface area contributed by atoms with Crippen molar-refractivity contribution in [3.05, 3.63) is 59.4 Å². The van der Waals surface area contributed by atoms with Crippen molar-refractivity contribution in [1.29, 1.82) is 0 Å². The third kappa shape index (κ3) is 7.39. The van der Waals surface area contributed by atoms with Crippen molar-refractivity contribution >= 4 is 17.6 Å². The van der Waals surface area contributed by atoms with Gasteiger partial charge in [0.05, 0.1) is 13.0 Å². The lowest BCUT2D eigenvalue weighted by Crippen LogP contribution is -2.51. The Bertz CT molecular complexity index is 1060. The maximum atomic E-state index is 13.1. The Kier molecular flexibility index (Phi) is 9.09. The normalized spacial score (nSPS) is 16.6. The molecule has 1 saturated carbocycles. The maximum Gasteiger partial charge on any atom is 0.254 e. The lowest BCUT2D eigenvalue weighted by Gasteiger charge is -2.35. The van der Waals surface area contributed by atoms with Gasteiger partial charge >= 0.3 is 0 Å². The summed E-state index contributed by atoms with van der Waals surface area (Å²) in [4.78, 5) is 45.1. The number of nitrogens with zero attached hydrogens (tertiary/aromatic N) is 3. The smallest absolute Gasteiger partial charge is 0.254 e. The average molecular weight is 492 g/mol. The van der Waals surface area contributed by atoms with E-state index in [1.165, 1.54) is 32.1 Å². The molecular formula is C29H37N3O4. The van der Waals surface area contributed by atoms with Gasteiger partial charge in [-0.25, -0.2) is 0 Å². The van der Waals surface area contributed by atoms with Gasteiger partial charge in [-0.2, -0.15) is 0 Å². The van der Waals surface area contributed by atoms with Crippen LogP contribution in [0.5, 0.6) is 5.75 Å². The minimum absolute atomic E-state index is 0.0113. The van der Waals surface area contributed by atoms with E-state index < -0.39 is 0 Å². The van der Waals surface area contributed by atoms with E-state index in [0.29, 0.717) is 44.8 Å². The predicted molar refractivity (Wildman–Crippen MR) is 138 cm³/mol. The van der Waals surface area contributed by atoms with E-state index in [2.05, 4.69) is 4.98 Å². The molecular weight excluding hydrogens is 454 g/mol. The summed E-state index contributed by atoms with van der Waals surface area (Å²) in [5.41, 5.74) is 2.25. The van der Waals surface area contributed by atoms with Crippen LogP contribution in [0.1, 0.15) is 66.9 Å². The molecule has 1 aromatic heterocycles. The molecule has 7 nitrogen and oxygen atoms in total. The Morgan fingerprint density at radius 3 is 2.33 bits per heavy atom. The number of hydrogen-bond donors (Lipinski definition) is 0. The SMILES string of the molecule is CC(=O)Cc1cncc(CC(=O)N2CCN(C(=O)c3cccc(OCCC4CCCCC4)c3)CC2)c1. The van der Waals surface area contributed by atoms with Gasteiger partial charge in [0.1, 0.15) is 11.5 Å². The summed E-state index contributed by atoms with van der Waals surface area (Å²) in [7, 11) is 0. The summed E-state index contributed by atoms with van der Waals surface area (Å²) in [6.45, 7) is 4.24. The molecule has 7 heteroatoms. The first-order chi connectivity index (χ1) is 17.5. The zero-order valence-electron chi connectivity index (χ0n) is 21.3. The van der Waals surface area contributed by atoms with E-state index in [-0.39, 0.29) is 24.0 Å². The van der Waals surface area contributed by atoms with Crippen LogP contribution in [0.2, 0.25) is 0 Å². The van der Waals surface area contributed by atoms with Gasteiger partial charge in [0.25, 0.3) is 5.91 Å². The van der Waals surface area contributed by atoms with Crippen molar-refractivity contribution in [2.24, 2.45) is 5.92 Å². The monoisotopic (exact) mass is 491 g/mol. The number of ether oxygens (including phenoxy) is 1. The molecule has 2 aliphatic rings. The number of carbonyl (C=O) groups excluding carboxylic acids is 3. The molecule has 0 spiro atoms. The molecule has 0 bridgehead atoms. The fourth-order valence-electron chi connectivity index (χ4n) is 5.19. The Hall–Kier alpha value is -3.22. The predicted octanol–water partition coefficient (Wildman–Crippen LogP) is 4.09. The Balaban J connectivity index is 1.24. The number of Topliss-reactive ketones (excluding diaryl/α,β-unsaturated/α-hetero) is 1. The van der Waals surface area contributed by atoms with Crippen molar-refractivity contribution < 1.29 is 19.1 Å². The number of rotatable bonds is 9. The molecule has 0 atom stereocenters. The number of pyridine rings is 1. The topological polar surface area (TPSA) is 79.8 Å². The zero-order valence-corrected chi connectivity index (χ0v) is 21.3. The van der Waals surface area contributed by atoms with Crippen LogP contribution < -0.4 is 4.74 Å². The molecule has 2 fully saturated rings. The Labute approximate surface area is 213 Å². The van der Waals surface area contributed by atoms with Crippen molar-refractivity contribution in [1.82, 2.24) is 14.8 Å². The summed E-state index contributed by atoms with van der Waals surface area (Å²) >= 11 is 0. The lowest BCUT2D eigenvalue weighted by atomic mass is 9.87. The quantitative estimate of drug-likeness (QED) is 0.528. The first kappa shape index (κ1) is 25.9. The number of hydrogen-bond acceptors (Lipinski definition) is 5. The Morgan fingerprint density at radius 2 is 1.61 bits per heavy atom. The molecule has 36 heavy (non-hydrogen) atoms. The second kappa shape index (κ2) is 12.7. The minimum atomic E-state index is -0.0269. The fraction of sp³-hybridized carbons (Fsp3) is 0.517. The molecule has 1 saturated heterocycles. The molecule has 2 amide bonds. The highest BCUT2D eigenvalue weighted by atomic mass is 16.5. The maximum absolute atomic E-state index is 13.1. The third-order valence-electron chi connectivity index (χ3n) is 7.18. The van der Waals surface area contributed by atoms with Gasteiger partial charge in [-0.3, -0.25) is 19.4 Å². The third-order valence-corrected chi connectivity index (χ3v) is 7.18. The van der Waals surface area contributed by atoms with Gasteiger partial charge in [-0.1, -0.05) is 44.2 Å². The van der Waals surface area contributed by atoms with E-state index >= 15 is 0 Å². The molecule has 0 radical (unpaired) electrons.